The van der Waals surface area contributed by atoms with Crippen LogP contribution in [0, 0.1) is 30.6 Å². The van der Waals surface area contributed by atoms with Gasteiger partial charge in [0.15, 0.2) is 0 Å². The first-order valence-corrected chi connectivity index (χ1v) is 6.26. The summed E-state index contributed by atoms with van der Waals surface area (Å²) in [7, 11) is 0. The van der Waals surface area contributed by atoms with Crippen LogP contribution in [0.25, 0.3) is 0 Å². The van der Waals surface area contributed by atoms with Crippen molar-refractivity contribution in [2.75, 3.05) is 6.54 Å². The molecule has 0 spiro atoms. The fraction of sp³-hybridized carbons (Fsp3) is 0.667. The lowest BCUT2D eigenvalue weighted by Gasteiger charge is -2.20. The zero-order valence-electron chi connectivity index (χ0n) is 10.6. The van der Waals surface area contributed by atoms with Gasteiger partial charge >= 0.3 is 0 Å². The Bertz CT molecular complexity index is 401. The summed E-state index contributed by atoms with van der Waals surface area (Å²) in [5, 5.41) is 13.4. The van der Waals surface area contributed by atoms with Gasteiger partial charge in [-0.25, -0.2) is 4.98 Å². The van der Waals surface area contributed by atoms with E-state index in [0.717, 1.165) is 10.7 Å². The number of nitriles is 1. The van der Waals surface area contributed by atoms with Crippen molar-refractivity contribution in [3.63, 3.8) is 0 Å². The van der Waals surface area contributed by atoms with Crippen LogP contribution in [-0.2, 0) is 0 Å². The van der Waals surface area contributed by atoms with Crippen LogP contribution < -0.4 is 5.32 Å². The predicted molar refractivity (Wildman–Crippen MR) is 67.4 cm³/mol. The Labute approximate surface area is 102 Å². The Hall–Kier alpha value is -0.920. The van der Waals surface area contributed by atoms with E-state index in [9.17, 15) is 0 Å². The highest BCUT2D eigenvalue weighted by atomic mass is 32.1. The molecule has 0 aliphatic heterocycles. The smallest absolute Gasteiger partial charge is 0.0900 e. The summed E-state index contributed by atoms with van der Waals surface area (Å²) < 4.78 is 0. The third-order valence-electron chi connectivity index (χ3n) is 2.49. The monoisotopic (exact) mass is 237 g/mol. The second-order valence-corrected chi connectivity index (χ2v) is 6.02. The molecule has 0 fully saturated rings. The first-order valence-electron chi connectivity index (χ1n) is 5.44. The fourth-order valence-electron chi connectivity index (χ4n) is 1.49. The van der Waals surface area contributed by atoms with Crippen LogP contribution in [0.5, 0.6) is 0 Å². The average molecular weight is 237 g/mol. The van der Waals surface area contributed by atoms with E-state index in [-0.39, 0.29) is 11.5 Å². The van der Waals surface area contributed by atoms with Crippen molar-refractivity contribution in [2.24, 2.45) is 5.41 Å². The van der Waals surface area contributed by atoms with E-state index in [4.69, 9.17) is 5.26 Å². The van der Waals surface area contributed by atoms with Gasteiger partial charge in [0.1, 0.15) is 0 Å². The van der Waals surface area contributed by atoms with Crippen molar-refractivity contribution < 1.29 is 0 Å². The zero-order valence-corrected chi connectivity index (χ0v) is 11.4. The molecule has 0 aliphatic rings. The van der Waals surface area contributed by atoms with E-state index >= 15 is 0 Å². The fourth-order valence-corrected chi connectivity index (χ4v) is 2.44. The molecule has 88 valence electrons. The lowest BCUT2D eigenvalue weighted by molar-refractivity contribution is 0.416. The van der Waals surface area contributed by atoms with E-state index in [0.29, 0.717) is 6.54 Å². The van der Waals surface area contributed by atoms with Crippen molar-refractivity contribution in [2.45, 2.75) is 40.7 Å². The Balaban J connectivity index is 2.64. The molecule has 1 rings (SSSR count). The highest BCUT2D eigenvalue weighted by molar-refractivity contribution is 7.11. The number of rotatable bonds is 4. The zero-order chi connectivity index (χ0) is 12.3. The third-order valence-corrected chi connectivity index (χ3v) is 3.74. The third kappa shape index (κ3) is 3.29. The van der Waals surface area contributed by atoms with E-state index in [1.807, 2.05) is 27.7 Å². The molecular weight excluding hydrogens is 218 g/mol. The topological polar surface area (TPSA) is 48.7 Å². The Kier molecular flexibility index (Phi) is 4.06. The maximum Gasteiger partial charge on any atom is 0.0900 e. The van der Waals surface area contributed by atoms with Crippen molar-refractivity contribution in [1.82, 2.24) is 10.3 Å². The van der Waals surface area contributed by atoms with Crippen LogP contribution in [0.2, 0.25) is 0 Å². The number of hydrogen-bond donors (Lipinski definition) is 1. The highest BCUT2D eigenvalue weighted by Gasteiger charge is 2.19. The van der Waals surface area contributed by atoms with Gasteiger partial charge in [-0.05, 0) is 34.6 Å². The van der Waals surface area contributed by atoms with Crippen molar-refractivity contribution in [1.29, 1.82) is 5.26 Å². The first kappa shape index (κ1) is 13.1. The molecular formula is C12H19N3S. The predicted octanol–water partition coefficient (Wildman–Crippen LogP) is 2.96. The van der Waals surface area contributed by atoms with Gasteiger partial charge in [-0.3, -0.25) is 0 Å². The van der Waals surface area contributed by atoms with Gasteiger partial charge in [-0.2, -0.15) is 5.26 Å². The number of nitrogens with zero attached hydrogens (tertiary/aromatic N) is 2. The molecule has 4 heteroatoms. The van der Waals surface area contributed by atoms with Crippen molar-refractivity contribution in [3.8, 4) is 6.07 Å². The van der Waals surface area contributed by atoms with Crippen LogP contribution in [0.3, 0.4) is 0 Å². The molecule has 0 amide bonds. The first-order chi connectivity index (χ1) is 7.35. The normalized spacial score (nSPS) is 13.5. The molecule has 1 atom stereocenters. The average Bonchev–Trinajstić information content (AvgIpc) is 2.54. The maximum atomic E-state index is 8.94. The largest absolute Gasteiger partial charge is 0.308 e. The summed E-state index contributed by atoms with van der Waals surface area (Å²) >= 11 is 1.72. The SMILES string of the molecule is Cc1nc(C)c(C(C)NCC(C)(C)C#N)s1. The van der Waals surface area contributed by atoms with Crippen molar-refractivity contribution in [3.05, 3.63) is 15.6 Å². The lowest BCUT2D eigenvalue weighted by atomic mass is 9.95. The summed E-state index contributed by atoms with van der Waals surface area (Å²) in [6, 6.07) is 2.56. The van der Waals surface area contributed by atoms with Crippen LogP contribution in [0.4, 0.5) is 0 Å². The molecule has 1 heterocycles. The van der Waals surface area contributed by atoms with Gasteiger partial charge in [0.2, 0.25) is 0 Å². The van der Waals surface area contributed by atoms with Crippen LogP contribution in [0.1, 0.15) is 42.4 Å². The second-order valence-electron chi connectivity index (χ2n) is 4.78. The summed E-state index contributed by atoms with van der Waals surface area (Å²) in [6.45, 7) is 10.8. The maximum absolute atomic E-state index is 8.94. The lowest BCUT2D eigenvalue weighted by Crippen LogP contribution is -2.30. The van der Waals surface area contributed by atoms with Crippen LogP contribution >= 0.6 is 11.3 Å². The van der Waals surface area contributed by atoms with Gasteiger partial charge in [0.05, 0.1) is 22.2 Å². The minimum atomic E-state index is -0.318. The molecule has 1 aromatic heterocycles. The highest BCUT2D eigenvalue weighted by Crippen LogP contribution is 2.25. The van der Waals surface area contributed by atoms with Crippen LogP contribution in [0.15, 0.2) is 0 Å². The van der Waals surface area contributed by atoms with Crippen LogP contribution in [-0.4, -0.2) is 11.5 Å². The van der Waals surface area contributed by atoms with Gasteiger partial charge in [-0.1, -0.05) is 0 Å². The summed E-state index contributed by atoms with van der Waals surface area (Å²) in [4.78, 5) is 5.68. The van der Waals surface area contributed by atoms with Crippen molar-refractivity contribution >= 4 is 11.3 Å². The Morgan fingerprint density at radius 1 is 1.50 bits per heavy atom. The number of nitrogens with one attached hydrogen (secondary N) is 1. The summed E-state index contributed by atoms with van der Waals surface area (Å²) in [6.07, 6.45) is 0. The molecule has 0 saturated carbocycles. The van der Waals surface area contributed by atoms with Gasteiger partial charge in [0.25, 0.3) is 0 Å². The number of aryl methyl sites for hydroxylation is 2. The van der Waals surface area contributed by atoms with E-state index in [2.05, 4.69) is 23.3 Å². The molecule has 0 aliphatic carbocycles. The Morgan fingerprint density at radius 3 is 2.56 bits per heavy atom. The number of hydrogen-bond acceptors (Lipinski definition) is 4. The second kappa shape index (κ2) is 4.94. The minimum Gasteiger partial charge on any atom is -0.308 e. The summed E-state index contributed by atoms with van der Waals surface area (Å²) in [5.41, 5.74) is 0.777. The molecule has 0 saturated heterocycles. The quantitative estimate of drug-likeness (QED) is 0.876. The number of thiazole rings is 1. The van der Waals surface area contributed by atoms with E-state index in [1.165, 1.54) is 4.88 Å². The molecule has 1 unspecified atom stereocenters. The molecule has 0 radical (unpaired) electrons. The molecule has 1 N–H and O–H groups in total. The van der Waals surface area contributed by atoms with Gasteiger partial charge in [0, 0.05) is 17.5 Å². The minimum absolute atomic E-state index is 0.263. The molecule has 16 heavy (non-hydrogen) atoms. The molecule has 3 nitrogen and oxygen atoms in total. The van der Waals surface area contributed by atoms with Gasteiger partial charge in [-0.15, -0.1) is 11.3 Å². The van der Waals surface area contributed by atoms with Gasteiger partial charge < -0.3 is 5.32 Å². The standard InChI is InChI=1S/C12H19N3S/c1-8(14-7-12(4,5)6-13)11-9(2)15-10(3)16-11/h8,14H,7H2,1-5H3. The number of aromatic nitrogens is 1. The van der Waals surface area contributed by atoms with E-state index < -0.39 is 0 Å². The summed E-state index contributed by atoms with van der Waals surface area (Å²) in [5.74, 6) is 0. The molecule has 0 aromatic carbocycles. The molecule has 1 aromatic rings. The van der Waals surface area contributed by atoms with E-state index in [1.54, 1.807) is 11.3 Å². The Morgan fingerprint density at radius 2 is 2.12 bits per heavy atom. The molecule has 0 bridgehead atoms.